The van der Waals surface area contributed by atoms with Crippen LogP contribution in [-0.2, 0) is 21.7 Å². The van der Waals surface area contributed by atoms with Crippen LogP contribution in [0, 0.1) is 0 Å². The Labute approximate surface area is 622 Å². The third-order valence-corrected chi connectivity index (χ3v) is 18.3. The van der Waals surface area contributed by atoms with E-state index in [-0.39, 0.29) is 36.3 Å². The van der Waals surface area contributed by atoms with Crippen molar-refractivity contribution in [2.75, 3.05) is 14.2 Å². The first-order chi connectivity index (χ1) is 48.6. The predicted molar refractivity (Wildman–Crippen MR) is 433 cm³/mol. The van der Waals surface area contributed by atoms with Crippen molar-refractivity contribution in [3.63, 3.8) is 0 Å². The normalized spacial score (nSPS) is 11.9. The molecule has 14 rings (SSSR count). The molecule has 0 bridgehead atoms. The fraction of sp³-hybridized carbons (Fsp3) is 0.209. The molecule has 16 heteroatoms. The van der Waals surface area contributed by atoms with Crippen molar-refractivity contribution < 1.29 is 19.7 Å². The highest BCUT2D eigenvalue weighted by molar-refractivity contribution is 9.69. The van der Waals surface area contributed by atoms with E-state index in [4.69, 9.17) is 29.4 Å². The standard InChI is InChI=1S/C44H42N4O2.C42H38N4O2.BBr3/c1-43(2,3)31-21-33(29-11-9-19-45-25-29)41(49-7)35(23-31)37-17-15-27-13-14-28-16-18-38(48-40(28)39(27)47-37)36-24-32(44(4,5)6)22-34(42(36)50-8)30-12-10-20-46-26-30;1-41(2,3)29-19-31(27-9-7-17-43-23-27)39(47)33(21-29)35-15-13-25-11-12-26-14-16-36(46-38(26)37(25)45-35)34-22-30(42(4,5)6)20-32(40(34)48)28-10-8-18-44-24-28;2-1(3)4/h9-26H,1-8H3;7-24,47-48H,1-6H3;. The predicted octanol–water partition coefficient (Wildman–Crippen LogP) is 23.3. The molecule has 0 fully saturated rings. The van der Waals surface area contributed by atoms with Crippen LogP contribution in [0.4, 0.5) is 0 Å². The van der Waals surface area contributed by atoms with Crippen molar-refractivity contribution in [1.82, 2.24) is 39.9 Å². The van der Waals surface area contributed by atoms with Gasteiger partial charge >= 0.3 is 3.18 Å². The number of hydrogen-bond donors (Lipinski definition) is 2. The van der Waals surface area contributed by atoms with Crippen molar-refractivity contribution in [3.05, 3.63) is 242 Å². The molecule has 6 aromatic carbocycles. The third-order valence-electron chi connectivity index (χ3n) is 18.3. The monoisotopic (exact) mass is 1540 g/mol. The van der Waals surface area contributed by atoms with E-state index >= 15 is 0 Å². The Morgan fingerprint density at radius 1 is 0.304 bits per heavy atom. The van der Waals surface area contributed by atoms with E-state index in [2.05, 4.69) is 223 Å². The topological polar surface area (TPSA) is 162 Å². The van der Waals surface area contributed by atoms with E-state index in [1.54, 1.807) is 51.4 Å². The number of fused-ring (bicyclic) bond motifs is 6. The maximum Gasteiger partial charge on any atom is 0.369 e. The van der Waals surface area contributed by atoms with Gasteiger partial charge in [0.15, 0.2) is 0 Å². The van der Waals surface area contributed by atoms with Gasteiger partial charge in [-0.2, -0.15) is 0 Å². The van der Waals surface area contributed by atoms with Gasteiger partial charge in [0, 0.05) is 138 Å². The first-order valence-electron chi connectivity index (χ1n) is 33.7. The van der Waals surface area contributed by atoms with Crippen LogP contribution >= 0.6 is 47.3 Å². The molecular formula is C86H80BBr3N8O4. The first-order valence-corrected chi connectivity index (χ1v) is 36.5. The van der Waals surface area contributed by atoms with Crippen LogP contribution in [0.2, 0.25) is 0 Å². The van der Waals surface area contributed by atoms with Gasteiger partial charge in [-0.1, -0.05) is 156 Å². The second kappa shape index (κ2) is 29.3. The summed E-state index contributed by atoms with van der Waals surface area (Å²) < 4.78 is 12.5. The molecule has 0 saturated heterocycles. The lowest BCUT2D eigenvalue weighted by molar-refractivity contribution is 0.417. The minimum Gasteiger partial charge on any atom is -0.507 e. The van der Waals surface area contributed by atoms with E-state index in [9.17, 15) is 10.2 Å². The number of methoxy groups -OCH3 is 2. The molecule has 8 aromatic heterocycles. The summed E-state index contributed by atoms with van der Waals surface area (Å²) in [5.41, 5.74) is 20.2. The summed E-state index contributed by atoms with van der Waals surface area (Å²) >= 11 is 9.31. The van der Waals surface area contributed by atoms with Gasteiger partial charge in [0.2, 0.25) is 0 Å². The Morgan fingerprint density at radius 2 is 0.520 bits per heavy atom. The molecule has 8 heterocycles. The number of benzene rings is 6. The molecule has 0 aliphatic rings. The summed E-state index contributed by atoms with van der Waals surface area (Å²) in [4.78, 5) is 38.4. The Kier molecular flexibility index (Phi) is 20.7. The van der Waals surface area contributed by atoms with Crippen LogP contribution in [0.5, 0.6) is 23.0 Å². The maximum absolute atomic E-state index is 11.7. The minimum atomic E-state index is -0.169. The molecule has 0 saturated carbocycles. The number of phenolic OH excluding ortho intramolecular Hbond substituents is 2. The van der Waals surface area contributed by atoms with E-state index in [1.165, 1.54) is 11.1 Å². The number of aromatic hydroxyl groups is 2. The number of halogens is 3. The second-order valence-electron chi connectivity index (χ2n) is 29.5. The fourth-order valence-electron chi connectivity index (χ4n) is 12.6. The van der Waals surface area contributed by atoms with Crippen molar-refractivity contribution in [2.45, 2.75) is 105 Å². The third kappa shape index (κ3) is 15.4. The number of rotatable bonds is 10. The maximum atomic E-state index is 11.7. The summed E-state index contributed by atoms with van der Waals surface area (Å²) in [5.74, 6) is 1.84. The van der Waals surface area contributed by atoms with Crippen LogP contribution in [0.15, 0.2) is 219 Å². The molecular weight excluding hydrogens is 1460 g/mol. The highest BCUT2D eigenvalue weighted by Gasteiger charge is 2.28. The van der Waals surface area contributed by atoms with Gasteiger partial charge in [-0.25, -0.2) is 19.9 Å². The molecule has 2 N–H and O–H groups in total. The SMILES string of the molecule is BrB(Br)Br.CC(C)(C)c1cc(-c2cccnc2)c(O)c(-c2ccc3ccc4ccc(-c5cc(C(C)(C)C)cc(-c6cccnc6)c5O)nc4c3n2)c1.COc1c(-c2cccnc2)cc(C(C)(C)C)cc1-c1ccc2ccc3ccc(-c4cc(C(C)(C)C)cc(-c5cccnc5)c4OC)nc3c2n1. The molecule has 102 heavy (non-hydrogen) atoms. The Morgan fingerprint density at radius 3 is 0.755 bits per heavy atom. The highest BCUT2D eigenvalue weighted by atomic mass is 79.9. The van der Waals surface area contributed by atoms with Crippen molar-refractivity contribution in [2.24, 2.45) is 0 Å². The minimum absolute atomic E-state index is 0.104. The summed E-state index contributed by atoms with van der Waals surface area (Å²) in [6, 6.07) is 57.3. The van der Waals surface area contributed by atoms with Gasteiger partial charge in [-0.15, -0.1) is 47.3 Å². The van der Waals surface area contributed by atoms with Crippen molar-refractivity contribution in [1.29, 1.82) is 0 Å². The zero-order valence-electron chi connectivity index (χ0n) is 59.8. The Bertz CT molecular complexity index is 5100. The summed E-state index contributed by atoms with van der Waals surface area (Å²) in [7, 11) is 3.44. The van der Waals surface area contributed by atoms with Crippen molar-refractivity contribution >= 4 is 94.1 Å². The molecule has 0 spiro atoms. The van der Waals surface area contributed by atoms with Crippen LogP contribution in [0.25, 0.3) is 133 Å². The van der Waals surface area contributed by atoms with Gasteiger partial charge in [0.25, 0.3) is 0 Å². The summed E-state index contributed by atoms with van der Waals surface area (Å²) in [5, 5.41) is 27.3. The molecule has 0 aliphatic carbocycles. The number of nitrogens with zero attached hydrogens (tertiary/aromatic N) is 8. The molecule has 512 valence electrons. The lowest BCUT2D eigenvalue weighted by atomic mass is 9.83. The number of aromatic nitrogens is 8. The Hall–Kier alpha value is -9.74. The zero-order chi connectivity index (χ0) is 72.6. The highest BCUT2D eigenvalue weighted by Crippen LogP contribution is 2.48. The van der Waals surface area contributed by atoms with E-state index in [1.807, 2.05) is 109 Å². The molecule has 12 nitrogen and oxygen atoms in total. The molecule has 0 radical (unpaired) electrons. The fourth-order valence-corrected chi connectivity index (χ4v) is 12.6. The average Bonchev–Trinajstić information content (AvgIpc) is 0.759. The largest absolute Gasteiger partial charge is 0.507 e. The molecule has 14 aromatic rings. The lowest BCUT2D eigenvalue weighted by Gasteiger charge is -2.24. The smallest absolute Gasteiger partial charge is 0.369 e. The average molecular weight is 1540 g/mol. The van der Waals surface area contributed by atoms with E-state index in [0.717, 1.165) is 111 Å². The van der Waals surface area contributed by atoms with Gasteiger partial charge in [-0.05, 0) is 141 Å². The zero-order valence-corrected chi connectivity index (χ0v) is 64.5. The van der Waals surface area contributed by atoms with E-state index in [0.29, 0.717) is 44.7 Å². The van der Waals surface area contributed by atoms with Crippen molar-refractivity contribution in [3.8, 4) is 113 Å². The number of ether oxygens (including phenoxy) is 2. The summed E-state index contributed by atoms with van der Waals surface area (Å²) in [6.07, 6.45) is 14.3. The second-order valence-corrected chi connectivity index (χ2v) is 35.9. The number of hydrogen-bond acceptors (Lipinski definition) is 12. The molecule has 0 amide bonds. The lowest BCUT2D eigenvalue weighted by Crippen LogP contribution is -2.12. The number of pyridine rings is 8. The quantitative estimate of drug-likeness (QED) is 0.0986. The van der Waals surface area contributed by atoms with Crippen LogP contribution in [0.3, 0.4) is 0 Å². The van der Waals surface area contributed by atoms with E-state index < -0.39 is 0 Å². The first kappa shape index (κ1) is 72.1. The molecule has 0 unspecified atom stereocenters. The Balaban J connectivity index is 0.000000183. The van der Waals surface area contributed by atoms with Crippen LogP contribution in [-0.4, -0.2) is 67.5 Å². The molecule has 0 atom stereocenters. The van der Waals surface area contributed by atoms with Crippen LogP contribution < -0.4 is 9.47 Å². The van der Waals surface area contributed by atoms with Gasteiger partial charge in [0.05, 0.1) is 59.1 Å². The van der Waals surface area contributed by atoms with Gasteiger partial charge in [0.1, 0.15) is 23.0 Å². The number of phenols is 2. The summed E-state index contributed by atoms with van der Waals surface area (Å²) in [6.45, 7) is 26.3. The molecule has 0 aliphatic heterocycles. The van der Waals surface area contributed by atoms with Gasteiger partial charge < -0.3 is 19.7 Å². The van der Waals surface area contributed by atoms with Crippen LogP contribution in [0.1, 0.15) is 105 Å². The van der Waals surface area contributed by atoms with Gasteiger partial charge in [-0.3, -0.25) is 19.9 Å².